The summed E-state index contributed by atoms with van der Waals surface area (Å²) in [6.45, 7) is 1.97. The van der Waals surface area contributed by atoms with E-state index >= 15 is 0 Å². The number of benzene rings is 1. The van der Waals surface area contributed by atoms with Gasteiger partial charge in [-0.2, -0.15) is 0 Å². The van der Waals surface area contributed by atoms with Gasteiger partial charge < -0.3 is 14.8 Å². The molecule has 2 aromatic rings. The topological polar surface area (TPSA) is 78.3 Å². The highest BCUT2D eigenvalue weighted by Gasteiger charge is 2.28. The lowest BCUT2D eigenvalue weighted by Crippen LogP contribution is -2.40. The van der Waals surface area contributed by atoms with Crippen LogP contribution in [0.2, 0.25) is 0 Å². The fraction of sp³-hybridized carbons (Fsp3) is 0.640. The highest BCUT2D eigenvalue weighted by molar-refractivity contribution is 8.00. The van der Waals surface area contributed by atoms with Gasteiger partial charge in [-0.15, -0.1) is 10.2 Å². The van der Waals surface area contributed by atoms with Crippen molar-refractivity contribution in [2.45, 2.75) is 93.6 Å². The highest BCUT2D eigenvalue weighted by atomic mass is 32.2. The van der Waals surface area contributed by atoms with E-state index in [2.05, 4.69) is 20.1 Å². The van der Waals surface area contributed by atoms with E-state index in [-0.39, 0.29) is 11.2 Å². The molecular formula is C25H36N4O3S. The molecule has 2 aliphatic rings. The van der Waals surface area contributed by atoms with Crippen LogP contribution in [0.1, 0.15) is 77.2 Å². The van der Waals surface area contributed by atoms with Crippen LogP contribution in [0.25, 0.3) is 11.4 Å². The Labute approximate surface area is 201 Å². The molecule has 2 aliphatic carbocycles. The van der Waals surface area contributed by atoms with E-state index in [4.69, 9.17) is 9.47 Å². The second-order valence-electron chi connectivity index (χ2n) is 9.14. The van der Waals surface area contributed by atoms with Crippen LogP contribution < -0.4 is 14.8 Å². The zero-order valence-corrected chi connectivity index (χ0v) is 20.8. The highest BCUT2D eigenvalue weighted by Crippen LogP contribution is 2.38. The zero-order chi connectivity index (χ0) is 23.2. The summed E-state index contributed by atoms with van der Waals surface area (Å²) >= 11 is 1.52. The minimum absolute atomic E-state index is 0.0951. The summed E-state index contributed by atoms with van der Waals surface area (Å²) < 4.78 is 13.2. The first kappa shape index (κ1) is 23.9. The third kappa shape index (κ3) is 5.65. The van der Waals surface area contributed by atoms with Gasteiger partial charge in [0.1, 0.15) is 0 Å². The number of thioether (sulfide) groups is 1. The summed E-state index contributed by atoms with van der Waals surface area (Å²) in [6.07, 6.45) is 11.8. The molecule has 2 fully saturated rings. The summed E-state index contributed by atoms with van der Waals surface area (Å²) in [4.78, 5) is 12.9. The van der Waals surface area contributed by atoms with Gasteiger partial charge in [-0.05, 0) is 50.8 Å². The third-order valence-electron chi connectivity index (χ3n) is 6.85. The average Bonchev–Trinajstić information content (AvgIpc) is 3.28. The number of carbonyl (C=O) groups is 1. The Hall–Kier alpha value is -2.22. The second kappa shape index (κ2) is 11.3. The van der Waals surface area contributed by atoms with Crippen molar-refractivity contribution in [3.05, 3.63) is 18.2 Å². The van der Waals surface area contributed by atoms with E-state index < -0.39 is 0 Å². The average molecular weight is 473 g/mol. The largest absolute Gasteiger partial charge is 0.493 e. The molecular weight excluding hydrogens is 436 g/mol. The van der Waals surface area contributed by atoms with Gasteiger partial charge in [-0.1, -0.05) is 50.3 Å². The van der Waals surface area contributed by atoms with Crippen LogP contribution in [-0.4, -0.2) is 46.2 Å². The van der Waals surface area contributed by atoms with Gasteiger partial charge in [-0.25, -0.2) is 0 Å². The number of ether oxygens (including phenoxy) is 2. The lowest BCUT2D eigenvalue weighted by Gasteiger charge is -2.27. The van der Waals surface area contributed by atoms with E-state index in [1.54, 1.807) is 14.2 Å². The first-order valence-corrected chi connectivity index (χ1v) is 13.1. The van der Waals surface area contributed by atoms with Crippen LogP contribution in [-0.2, 0) is 4.79 Å². The fourth-order valence-corrected chi connectivity index (χ4v) is 5.90. The number of methoxy groups -OCH3 is 2. The molecule has 1 N–H and O–H groups in total. The number of amides is 1. The smallest absolute Gasteiger partial charge is 0.233 e. The molecule has 8 heteroatoms. The second-order valence-corrected chi connectivity index (χ2v) is 10.4. The van der Waals surface area contributed by atoms with E-state index in [1.807, 2.05) is 25.1 Å². The molecule has 1 aromatic heterocycles. The van der Waals surface area contributed by atoms with Crippen molar-refractivity contribution in [2.24, 2.45) is 0 Å². The third-order valence-corrected chi connectivity index (χ3v) is 7.91. The molecule has 33 heavy (non-hydrogen) atoms. The molecule has 0 saturated heterocycles. The van der Waals surface area contributed by atoms with E-state index in [1.165, 1.54) is 50.3 Å². The number of rotatable bonds is 8. The maximum atomic E-state index is 12.9. The Balaban J connectivity index is 1.59. The van der Waals surface area contributed by atoms with Crippen LogP contribution in [0.15, 0.2) is 23.4 Å². The summed E-state index contributed by atoms with van der Waals surface area (Å²) in [7, 11) is 3.28. The molecule has 4 rings (SSSR count). The van der Waals surface area contributed by atoms with Gasteiger partial charge >= 0.3 is 0 Å². The molecule has 2 saturated carbocycles. The van der Waals surface area contributed by atoms with Crippen LogP contribution in [0.5, 0.6) is 11.5 Å². The summed E-state index contributed by atoms with van der Waals surface area (Å²) in [5, 5.41) is 13.0. The molecule has 1 atom stereocenters. The fourth-order valence-electron chi connectivity index (χ4n) is 4.98. The molecule has 1 heterocycles. The standard InChI is InChI=1S/C25H36N4O3S/c1-17(24(30)26-19-10-6-4-7-11-19)33-25-28-27-23(29(25)20-12-8-5-9-13-20)18-14-15-21(31-2)22(16-18)32-3/h14-17,19-20H,4-13H2,1-3H3,(H,26,30). The Bertz CT molecular complexity index is 936. The molecule has 180 valence electrons. The number of aromatic nitrogens is 3. The molecule has 0 aliphatic heterocycles. The number of hydrogen-bond acceptors (Lipinski definition) is 6. The van der Waals surface area contributed by atoms with Crippen LogP contribution in [0.3, 0.4) is 0 Å². The van der Waals surface area contributed by atoms with Gasteiger partial charge in [0.05, 0.1) is 19.5 Å². The molecule has 7 nitrogen and oxygen atoms in total. The Kier molecular flexibility index (Phi) is 8.17. The first-order chi connectivity index (χ1) is 16.1. The number of nitrogens with zero attached hydrogens (tertiary/aromatic N) is 3. The van der Waals surface area contributed by atoms with Crippen molar-refractivity contribution in [3.63, 3.8) is 0 Å². The van der Waals surface area contributed by atoms with Gasteiger partial charge in [-0.3, -0.25) is 9.36 Å². The lowest BCUT2D eigenvalue weighted by atomic mass is 9.95. The molecule has 1 amide bonds. The summed E-state index contributed by atoms with van der Waals surface area (Å²) in [5.74, 6) is 2.28. The van der Waals surface area contributed by atoms with Gasteiger partial charge in [0, 0.05) is 17.6 Å². The normalized spacial score (nSPS) is 18.6. The molecule has 0 spiro atoms. The number of hydrogen-bond donors (Lipinski definition) is 1. The van der Waals surface area contributed by atoms with Crippen LogP contribution in [0, 0.1) is 0 Å². The van der Waals surface area contributed by atoms with Crippen molar-refractivity contribution >= 4 is 17.7 Å². The molecule has 0 radical (unpaired) electrons. The Morgan fingerprint density at radius 2 is 1.67 bits per heavy atom. The van der Waals surface area contributed by atoms with E-state index in [9.17, 15) is 4.79 Å². The van der Waals surface area contributed by atoms with Crippen molar-refractivity contribution in [2.75, 3.05) is 14.2 Å². The summed E-state index contributed by atoms with van der Waals surface area (Å²) in [6, 6.07) is 6.51. The Morgan fingerprint density at radius 1 is 1.00 bits per heavy atom. The Morgan fingerprint density at radius 3 is 2.33 bits per heavy atom. The molecule has 1 aromatic carbocycles. The van der Waals surface area contributed by atoms with Crippen LogP contribution in [0.4, 0.5) is 0 Å². The monoisotopic (exact) mass is 472 g/mol. The van der Waals surface area contributed by atoms with E-state index in [0.717, 1.165) is 42.2 Å². The first-order valence-electron chi connectivity index (χ1n) is 12.2. The van der Waals surface area contributed by atoms with Gasteiger partial charge in [0.2, 0.25) is 5.91 Å². The van der Waals surface area contributed by atoms with E-state index in [0.29, 0.717) is 23.6 Å². The predicted molar refractivity (Wildman–Crippen MR) is 131 cm³/mol. The SMILES string of the molecule is COc1ccc(-c2nnc(SC(C)C(=O)NC3CCCCC3)n2C2CCCCC2)cc1OC. The maximum Gasteiger partial charge on any atom is 0.233 e. The van der Waals surface area contributed by atoms with Crippen molar-refractivity contribution in [3.8, 4) is 22.9 Å². The van der Waals surface area contributed by atoms with Crippen LogP contribution >= 0.6 is 11.8 Å². The van der Waals surface area contributed by atoms with Crippen molar-refractivity contribution in [1.29, 1.82) is 0 Å². The predicted octanol–water partition coefficient (Wildman–Crippen LogP) is 5.40. The van der Waals surface area contributed by atoms with Gasteiger partial charge in [0.15, 0.2) is 22.5 Å². The van der Waals surface area contributed by atoms with Crippen molar-refractivity contribution in [1.82, 2.24) is 20.1 Å². The number of nitrogens with one attached hydrogen (secondary N) is 1. The zero-order valence-electron chi connectivity index (χ0n) is 20.0. The minimum atomic E-state index is -0.225. The molecule has 0 bridgehead atoms. The quantitative estimate of drug-likeness (QED) is 0.519. The van der Waals surface area contributed by atoms with Crippen molar-refractivity contribution < 1.29 is 14.3 Å². The summed E-state index contributed by atoms with van der Waals surface area (Å²) in [5.41, 5.74) is 0.942. The maximum absolute atomic E-state index is 12.9. The van der Waals surface area contributed by atoms with Gasteiger partial charge in [0.25, 0.3) is 0 Å². The number of carbonyl (C=O) groups excluding carboxylic acids is 1. The minimum Gasteiger partial charge on any atom is -0.493 e. The lowest BCUT2D eigenvalue weighted by molar-refractivity contribution is -0.121. The molecule has 1 unspecified atom stereocenters.